The van der Waals surface area contributed by atoms with Crippen LogP contribution in [-0.2, 0) is 5.92 Å². The summed E-state index contributed by atoms with van der Waals surface area (Å²) in [5.41, 5.74) is -2.06. The van der Waals surface area contributed by atoms with Crippen molar-refractivity contribution in [1.82, 2.24) is 0 Å². The summed E-state index contributed by atoms with van der Waals surface area (Å²) in [5, 5.41) is 0. The Kier molecular flexibility index (Phi) is 6.99. The average Bonchev–Trinajstić information content (AvgIpc) is 3.27. The maximum Gasteiger partial charge on any atom is 0.460 e. The first kappa shape index (κ1) is 30.0. The highest BCUT2D eigenvalue weighted by atomic mass is 19.4. The minimum atomic E-state index is -8.62. The Morgan fingerprint density at radius 2 is 0.889 bits per heavy atom. The summed E-state index contributed by atoms with van der Waals surface area (Å²) in [6, 6.07) is 1.33. The first-order valence-electron chi connectivity index (χ1n) is 9.31. The largest absolute Gasteiger partial charge is 0.460 e. The standard InChI is InChI=1S/C19H11F17/c20-12(21,11-7-5-10(6-8-11)9-3-1-2-4-9)13(22,23)14(24,25)15(26,27)16(28,29)17(30,31)18(32,33)19(34,35)36/h1,3,5-9H,2,4H2. The van der Waals surface area contributed by atoms with Gasteiger partial charge >= 0.3 is 47.6 Å². The van der Waals surface area contributed by atoms with Crippen LogP contribution in [0.2, 0.25) is 0 Å². The highest BCUT2D eigenvalue weighted by molar-refractivity contribution is 5.33. The number of rotatable bonds is 8. The molecule has 0 spiro atoms. The van der Waals surface area contributed by atoms with Crippen molar-refractivity contribution in [2.24, 2.45) is 0 Å². The van der Waals surface area contributed by atoms with Gasteiger partial charge in [0.05, 0.1) is 0 Å². The summed E-state index contributed by atoms with van der Waals surface area (Å²) in [6.45, 7) is 0. The fourth-order valence-electron chi connectivity index (χ4n) is 3.20. The zero-order valence-corrected chi connectivity index (χ0v) is 16.9. The molecule has 1 atom stereocenters. The van der Waals surface area contributed by atoms with Crippen LogP contribution in [0.15, 0.2) is 36.4 Å². The van der Waals surface area contributed by atoms with Crippen molar-refractivity contribution >= 4 is 0 Å². The molecule has 1 aliphatic carbocycles. The quantitative estimate of drug-likeness (QED) is 0.220. The Balaban J connectivity index is 2.55. The Morgan fingerprint density at radius 1 is 0.500 bits per heavy atom. The van der Waals surface area contributed by atoms with Crippen molar-refractivity contribution in [3.8, 4) is 0 Å². The van der Waals surface area contributed by atoms with Gasteiger partial charge in [0, 0.05) is 11.5 Å². The highest BCUT2D eigenvalue weighted by Crippen LogP contribution is 2.65. The van der Waals surface area contributed by atoms with E-state index in [4.69, 9.17) is 0 Å². The van der Waals surface area contributed by atoms with Crippen LogP contribution in [-0.4, -0.2) is 41.7 Å². The van der Waals surface area contributed by atoms with Gasteiger partial charge in [0.1, 0.15) is 0 Å². The van der Waals surface area contributed by atoms with Crippen LogP contribution in [0.3, 0.4) is 0 Å². The molecule has 206 valence electrons. The van der Waals surface area contributed by atoms with E-state index in [9.17, 15) is 74.6 Å². The fraction of sp³-hybridized carbons (Fsp3) is 0.579. The minimum absolute atomic E-state index is 0.00811. The topological polar surface area (TPSA) is 0 Å². The number of allylic oxidation sites excluding steroid dienone is 2. The molecule has 0 saturated carbocycles. The molecule has 0 bridgehead atoms. The number of halogens is 17. The first-order chi connectivity index (χ1) is 15.8. The number of hydrogen-bond acceptors (Lipinski definition) is 0. The molecule has 1 unspecified atom stereocenters. The number of alkyl halides is 17. The molecular weight excluding hydrogens is 551 g/mol. The van der Waals surface area contributed by atoms with Crippen LogP contribution < -0.4 is 0 Å². The van der Waals surface area contributed by atoms with Crippen molar-refractivity contribution in [1.29, 1.82) is 0 Å². The van der Waals surface area contributed by atoms with Gasteiger partial charge in [0.25, 0.3) is 0 Å². The summed E-state index contributed by atoms with van der Waals surface area (Å²) in [6.07, 6.45) is -3.69. The average molecular weight is 562 g/mol. The van der Waals surface area contributed by atoms with Crippen molar-refractivity contribution in [2.75, 3.05) is 0 Å². The van der Waals surface area contributed by atoms with Gasteiger partial charge in [-0.3, -0.25) is 0 Å². The lowest BCUT2D eigenvalue weighted by atomic mass is 9.86. The molecule has 0 nitrogen and oxygen atoms in total. The van der Waals surface area contributed by atoms with E-state index >= 15 is 0 Å². The molecule has 17 heteroatoms. The molecule has 0 aromatic heterocycles. The van der Waals surface area contributed by atoms with Gasteiger partial charge in [0.2, 0.25) is 0 Å². The van der Waals surface area contributed by atoms with Crippen molar-refractivity contribution in [3.63, 3.8) is 0 Å². The SMILES string of the molecule is FC(F)(F)C(F)(F)C(F)(F)C(F)(F)C(F)(F)C(F)(F)C(F)(F)C(F)(F)c1ccc(C2C=CCC2)cc1. The third-order valence-corrected chi connectivity index (χ3v) is 5.44. The van der Waals surface area contributed by atoms with E-state index in [-0.39, 0.29) is 17.7 Å². The molecule has 1 aliphatic rings. The van der Waals surface area contributed by atoms with Crippen LogP contribution in [0.4, 0.5) is 74.6 Å². The van der Waals surface area contributed by atoms with Crippen LogP contribution in [0.1, 0.15) is 29.9 Å². The van der Waals surface area contributed by atoms with Crippen molar-refractivity contribution in [3.05, 3.63) is 47.5 Å². The predicted octanol–water partition coefficient (Wildman–Crippen LogP) is 8.59. The van der Waals surface area contributed by atoms with E-state index in [1.165, 1.54) is 6.08 Å². The second-order valence-electron chi connectivity index (χ2n) is 7.75. The van der Waals surface area contributed by atoms with E-state index in [0.717, 1.165) is 0 Å². The molecule has 0 radical (unpaired) electrons. The van der Waals surface area contributed by atoms with Crippen LogP contribution in [0.25, 0.3) is 0 Å². The summed E-state index contributed by atoms with van der Waals surface area (Å²) >= 11 is 0. The van der Waals surface area contributed by atoms with Crippen LogP contribution in [0.5, 0.6) is 0 Å². The van der Waals surface area contributed by atoms with Crippen molar-refractivity contribution in [2.45, 2.75) is 66.4 Å². The van der Waals surface area contributed by atoms with Crippen molar-refractivity contribution < 1.29 is 74.6 Å². The lowest BCUT2D eigenvalue weighted by Gasteiger charge is -2.42. The van der Waals surface area contributed by atoms with E-state index in [1.807, 2.05) is 0 Å². The van der Waals surface area contributed by atoms with E-state index in [0.29, 0.717) is 25.0 Å². The minimum Gasteiger partial charge on any atom is -0.194 e. The Morgan fingerprint density at radius 3 is 1.25 bits per heavy atom. The van der Waals surface area contributed by atoms with Gasteiger partial charge in [-0.15, -0.1) is 0 Å². The molecule has 0 aliphatic heterocycles. The molecule has 0 fully saturated rings. The highest BCUT2D eigenvalue weighted by Gasteiger charge is 2.95. The van der Waals surface area contributed by atoms with Crippen LogP contribution in [0, 0.1) is 0 Å². The molecule has 0 heterocycles. The third-order valence-electron chi connectivity index (χ3n) is 5.44. The smallest absolute Gasteiger partial charge is 0.194 e. The Hall–Kier alpha value is -2.23. The molecule has 0 amide bonds. The maximum absolute atomic E-state index is 14.2. The number of hydrogen-bond donors (Lipinski definition) is 0. The van der Waals surface area contributed by atoms with Gasteiger partial charge in [-0.25, -0.2) is 0 Å². The Labute approximate surface area is 189 Å². The van der Waals surface area contributed by atoms with Gasteiger partial charge in [-0.05, 0) is 18.4 Å². The number of benzene rings is 1. The van der Waals surface area contributed by atoms with E-state index in [2.05, 4.69) is 0 Å². The van der Waals surface area contributed by atoms with Crippen LogP contribution >= 0.6 is 0 Å². The van der Waals surface area contributed by atoms with Gasteiger partial charge < -0.3 is 0 Å². The zero-order valence-electron chi connectivity index (χ0n) is 16.9. The second-order valence-corrected chi connectivity index (χ2v) is 7.75. The normalized spacial score (nSPS) is 19.2. The molecule has 1 aromatic rings. The van der Waals surface area contributed by atoms with Gasteiger partial charge in [-0.2, -0.15) is 74.6 Å². The Bertz CT molecular complexity index is 969. The fourth-order valence-corrected chi connectivity index (χ4v) is 3.20. The molecule has 2 rings (SSSR count). The summed E-state index contributed by atoms with van der Waals surface area (Å²) in [7, 11) is 0. The molecule has 1 aromatic carbocycles. The lowest BCUT2D eigenvalue weighted by molar-refractivity contribution is -0.462. The molecule has 36 heavy (non-hydrogen) atoms. The second kappa shape index (κ2) is 8.39. The van der Waals surface area contributed by atoms with Gasteiger partial charge in [-0.1, -0.05) is 36.4 Å². The van der Waals surface area contributed by atoms with E-state index in [1.54, 1.807) is 6.08 Å². The molecule has 0 saturated heterocycles. The summed E-state index contributed by atoms with van der Waals surface area (Å²) in [4.78, 5) is 0. The summed E-state index contributed by atoms with van der Waals surface area (Å²) in [5.74, 6) is -56.9. The van der Waals surface area contributed by atoms with Gasteiger partial charge in [0.15, 0.2) is 0 Å². The summed E-state index contributed by atoms with van der Waals surface area (Å²) < 4.78 is 227. The zero-order chi connectivity index (χ0) is 28.4. The predicted molar refractivity (Wildman–Crippen MR) is 87.2 cm³/mol. The maximum atomic E-state index is 14.2. The first-order valence-corrected chi connectivity index (χ1v) is 9.31. The lowest BCUT2D eigenvalue weighted by Crippen LogP contribution is -2.74. The molecule has 0 N–H and O–H groups in total. The van der Waals surface area contributed by atoms with E-state index < -0.39 is 59.1 Å². The third kappa shape index (κ3) is 3.90. The monoisotopic (exact) mass is 562 g/mol. The molecular formula is C19H11F17.